The number of rotatable bonds is 4. The average molecular weight is 272 g/mol. The second-order valence-corrected chi connectivity index (χ2v) is 4.82. The van der Waals surface area contributed by atoms with Crippen LogP contribution in [0, 0.1) is 19.7 Å². The van der Waals surface area contributed by atoms with Crippen LogP contribution in [0.3, 0.4) is 0 Å². The summed E-state index contributed by atoms with van der Waals surface area (Å²) in [5.74, 6) is -0.665. The summed E-state index contributed by atoms with van der Waals surface area (Å²) in [5.41, 5.74) is 9.54. The summed E-state index contributed by atoms with van der Waals surface area (Å²) in [7, 11) is 0. The predicted octanol–water partition coefficient (Wildman–Crippen LogP) is 3.15. The monoisotopic (exact) mass is 272 g/mol. The molecule has 0 bridgehead atoms. The number of hydrogen-bond acceptors (Lipinski definition) is 2. The molecular formula is C16H17FN2O. The van der Waals surface area contributed by atoms with Gasteiger partial charge in [0.1, 0.15) is 5.82 Å². The number of benzene rings is 2. The van der Waals surface area contributed by atoms with Crippen molar-refractivity contribution >= 4 is 11.6 Å². The molecule has 0 atom stereocenters. The van der Waals surface area contributed by atoms with Gasteiger partial charge in [-0.25, -0.2) is 4.39 Å². The van der Waals surface area contributed by atoms with Gasteiger partial charge in [0.05, 0.1) is 0 Å². The van der Waals surface area contributed by atoms with Crippen molar-refractivity contribution in [1.82, 2.24) is 0 Å². The van der Waals surface area contributed by atoms with Crippen LogP contribution in [-0.2, 0) is 6.54 Å². The standard InChI is InChI=1S/C16H17FN2O/c1-10-8-14(17)5-3-13(10)9-19-15-6-4-12(16(18)20)7-11(15)2/h3-8,19H,9H2,1-2H3,(H2,18,20). The molecule has 2 aromatic carbocycles. The predicted molar refractivity (Wildman–Crippen MR) is 78.2 cm³/mol. The van der Waals surface area contributed by atoms with Gasteiger partial charge in [0, 0.05) is 17.8 Å². The highest BCUT2D eigenvalue weighted by atomic mass is 19.1. The molecule has 0 aliphatic carbocycles. The quantitative estimate of drug-likeness (QED) is 0.898. The fraction of sp³-hybridized carbons (Fsp3) is 0.188. The van der Waals surface area contributed by atoms with E-state index in [1.54, 1.807) is 18.2 Å². The first-order valence-corrected chi connectivity index (χ1v) is 6.36. The highest BCUT2D eigenvalue weighted by Gasteiger charge is 2.05. The van der Waals surface area contributed by atoms with E-state index < -0.39 is 5.91 Å². The minimum atomic E-state index is -0.436. The number of aryl methyl sites for hydroxylation is 2. The summed E-state index contributed by atoms with van der Waals surface area (Å²) >= 11 is 0. The lowest BCUT2D eigenvalue weighted by Crippen LogP contribution is -2.11. The van der Waals surface area contributed by atoms with E-state index in [0.717, 1.165) is 22.4 Å². The normalized spacial score (nSPS) is 10.3. The Balaban J connectivity index is 2.13. The van der Waals surface area contributed by atoms with Gasteiger partial charge in [-0.05, 0) is 60.9 Å². The molecule has 2 aromatic rings. The number of nitrogens with two attached hydrogens (primary N) is 1. The number of carbonyl (C=O) groups excluding carboxylic acids is 1. The summed E-state index contributed by atoms with van der Waals surface area (Å²) in [6.07, 6.45) is 0. The number of anilines is 1. The first-order chi connectivity index (χ1) is 9.47. The van der Waals surface area contributed by atoms with Crippen LogP contribution in [0.25, 0.3) is 0 Å². The topological polar surface area (TPSA) is 55.1 Å². The Morgan fingerprint density at radius 1 is 1.15 bits per heavy atom. The first-order valence-electron chi connectivity index (χ1n) is 6.36. The average Bonchev–Trinajstić information content (AvgIpc) is 2.38. The largest absolute Gasteiger partial charge is 0.381 e. The maximum absolute atomic E-state index is 13.0. The van der Waals surface area contributed by atoms with Crippen molar-refractivity contribution in [2.45, 2.75) is 20.4 Å². The Morgan fingerprint density at radius 3 is 2.50 bits per heavy atom. The van der Waals surface area contributed by atoms with E-state index in [0.29, 0.717) is 12.1 Å². The molecule has 0 saturated heterocycles. The number of carbonyl (C=O) groups is 1. The van der Waals surface area contributed by atoms with E-state index in [1.165, 1.54) is 12.1 Å². The van der Waals surface area contributed by atoms with Crippen molar-refractivity contribution in [3.8, 4) is 0 Å². The molecule has 0 radical (unpaired) electrons. The van der Waals surface area contributed by atoms with Gasteiger partial charge < -0.3 is 11.1 Å². The van der Waals surface area contributed by atoms with Crippen LogP contribution in [0.5, 0.6) is 0 Å². The fourth-order valence-corrected chi connectivity index (χ4v) is 2.06. The third-order valence-electron chi connectivity index (χ3n) is 3.28. The fourth-order valence-electron chi connectivity index (χ4n) is 2.06. The molecule has 3 N–H and O–H groups in total. The first kappa shape index (κ1) is 14.1. The molecule has 104 valence electrons. The molecule has 0 spiro atoms. The Bertz CT molecular complexity index is 653. The van der Waals surface area contributed by atoms with Crippen molar-refractivity contribution < 1.29 is 9.18 Å². The SMILES string of the molecule is Cc1cc(F)ccc1CNc1ccc(C(N)=O)cc1C. The van der Waals surface area contributed by atoms with Gasteiger partial charge in [0.2, 0.25) is 5.91 Å². The molecule has 2 rings (SSSR count). The van der Waals surface area contributed by atoms with E-state index in [4.69, 9.17) is 5.73 Å². The second-order valence-electron chi connectivity index (χ2n) is 4.82. The minimum absolute atomic E-state index is 0.228. The van der Waals surface area contributed by atoms with Crippen molar-refractivity contribution in [2.24, 2.45) is 5.73 Å². The Morgan fingerprint density at radius 2 is 1.90 bits per heavy atom. The molecule has 0 aromatic heterocycles. The van der Waals surface area contributed by atoms with Crippen molar-refractivity contribution in [3.05, 3.63) is 64.5 Å². The molecule has 3 nitrogen and oxygen atoms in total. The third kappa shape index (κ3) is 3.15. The summed E-state index contributed by atoms with van der Waals surface area (Å²) in [6.45, 7) is 4.39. The van der Waals surface area contributed by atoms with Gasteiger partial charge in [-0.1, -0.05) is 6.07 Å². The summed E-state index contributed by atoms with van der Waals surface area (Å²) in [6, 6.07) is 10.0. The number of halogens is 1. The van der Waals surface area contributed by atoms with Crippen LogP contribution in [-0.4, -0.2) is 5.91 Å². The Kier molecular flexibility index (Phi) is 4.03. The summed E-state index contributed by atoms with van der Waals surface area (Å²) in [5, 5.41) is 3.28. The zero-order valence-corrected chi connectivity index (χ0v) is 11.5. The maximum atomic E-state index is 13.0. The van der Waals surface area contributed by atoms with Gasteiger partial charge in [-0.2, -0.15) is 0 Å². The van der Waals surface area contributed by atoms with Gasteiger partial charge in [-0.15, -0.1) is 0 Å². The number of amides is 1. The molecule has 0 aliphatic heterocycles. The van der Waals surface area contributed by atoms with E-state index in [1.807, 2.05) is 19.9 Å². The molecule has 1 amide bonds. The third-order valence-corrected chi connectivity index (χ3v) is 3.28. The van der Waals surface area contributed by atoms with Crippen LogP contribution in [0.1, 0.15) is 27.0 Å². The molecule has 0 unspecified atom stereocenters. The number of hydrogen-bond donors (Lipinski definition) is 2. The van der Waals surface area contributed by atoms with Crippen LogP contribution < -0.4 is 11.1 Å². The van der Waals surface area contributed by atoms with E-state index in [9.17, 15) is 9.18 Å². The van der Waals surface area contributed by atoms with Crippen molar-refractivity contribution in [3.63, 3.8) is 0 Å². The van der Waals surface area contributed by atoms with Gasteiger partial charge in [0.25, 0.3) is 0 Å². The maximum Gasteiger partial charge on any atom is 0.248 e. The summed E-state index contributed by atoms with van der Waals surface area (Å²) in [4.78, 5) is 11.1. The number of primary amides is 1. The van der Waals surface area contributed by atoms with E-state index in [-0.39, 0.29) is 5.82 Å². The van der Waals surface area contributed by atoms with Gasteiger partial charge in [-0.3, -0.25) is 4.79 Å². The molecule has 4 heteroatoms. The lowest BCUT2D eigenvalue weighted by Gasteiger charge is -2.12. The van der Waals surface area contributed by atoms with Crippen molar-refractivity contribution in [1.29, 1.82) is 0 Å². The van der Waals surface area contributed by atoms with Gasteiger partial charge in [0.15, 0.2) is 0 Å². The van der Waals surface area contributed by atoms with E-state index >= 15 is 0 Å². The van der Waals surface area contributed by atoms with Crippen LogP contribution >= 0.6 is 0 Å². The van der Waals surface area contributed by atoms with Gasteiger partial charge >= 0.3 is 0 Å². The zero-order chi connectivity index (χ0) is 14.7. The molecular weight excluding hydrogens is 255 g/mol. The van der Waals surface area contributed by atoms with E-state index in [2.05, 4.69) is 5.32 Å². The van der Waals surface area contributed by atoms with Crippen LogP contribution in [0.4, 0.5) is 10.1 Å². The van der Waals surface area contributed by atoms with Crippen molar-refractivity contribution in [2.75, 3.05) is 5.32 Å². The highest BCUT2D eigenvalue weighted by Crippen LogP contribution is 2.18. The molecule has 0 aliphatic rings. The Hall–Kier alpha value is -2.36. The molecule has 0 fully saturated rings. The smallest absolute Gasteiger partial charge is 0.248 e. The van der Waals surface area contributed by atoms with Crippen LogP contribution in [0.2, 0.25) is 0 Å². The lowest BCUT2D eigenvalue weighted by atomic mass is 10.1. The molecule has 0 heterocycles. The summed E-state index contributed by atoms with van der Waals surface area (Å²) < 4.78 is 13.0. The Labute approximate surface area is 117 Å². The molecule has 0 saturated carbocycles. The zero-order valence-electron chi connectivity index (χ0n) is 11.5. The lowest BCUT2D eigenvalue weighted by molar-refractivity contribution is 0.1000. The minimum Gasteiger partial charge on any atom is -0.381 e. The van der Waals surface area contributed by atoms with Crippen LogP contribution in [0.15, 0.2) is 36.4 Å². The number of nitrogens with one attached hydrogen (secondary N) is 1. The highest BCUT2D eigenvalue weighted by molar-refractivity contribution is 5.93. The molecule has 20 heavy (non-hydrogen) atoms. The second kappa shape index (κ2) is 5.74.